The van der Waals surface area contributed by atoms with Crippen molar-refractivity contribution in [2.45, 2.75) is 33.2 Å². The second kappa shape index (κ2) is 11.0. The molecule has 2 amide bonds. The predicted octanol–water partition coefficient (Wildman–Crippen LogP) is 4.47. The first-order valence-electron chi connectivity index (χ1n) is 12.0. The number of aromatic nitrogens is 2. The smallest absolute Gasteiger partial charge is 0.272 e. The van der Waals surface area contributed by atoms with E-state index in [1.807, 2.05) is 56.9 Å². The van der Waals surface area contributed by atoms with Crippen molar-refractivity contribution in [1.82, 2.24) is 25.3 Å². The van der Waals surface area contributed by atoms with Crippen LogP contribution >= 0.6 is 23.2 Å². The summed E-state index contributed by atoms with van der Waals surface area (Å²) in [6.45, 7) is 9.91. The fraction of sp³-hybridized carbons (Fsp3) is 0.321. The van der Waals surface area contributed by atoms with Gasteiger partial charge >= 0.3 is 0 Å². The van der Waals surface area contributed by atoms with Crippen molar-refractivity contribution in [3.8, 4) is 28.8 Å². The van der Waals surface area contributed by atoms with Crippen LogP contribution in [-0.2, 0) is 4.79 Å². The van der Waals surface area contributed by atoms with Crippen LogP contribution in [0.15, 0.2) is 42.5 Å². The number of nitrogens with zero attached hydrogens (tertiary/aromatic N) is 3. The number of nitrogens with one attached hydrogen (secondary N) is 2. The third-order valence-electron chi connectivity index (χ3n) is 5.77. The predicted molar refractivity (Wildman–Crippen MR) is 147 cm³/mol. The summed E-state index contributed by atoms with van der Waals surface area (Å²) in [5.74, 6) is 6.00. The van der Waals surface area contributed by atoms with E-state index in [-0.39, 0.29) is 11.8 Å². The number of amides is 2. The molecule has 2 N–H and O–H groups in total. The summed E-state index contributed by atoms with van der Waals surface area (Å²) in [4.78, 5) is 26.6. The molecular weight excluding hydrogens is 509 g/mol. The maximum atomic E-state index is 13.1. The zero-order chi connectivity index (χ0) is 26.7. The van der Waals surface area contributed by atoms with Crippen LogP contribution in [0.5, 0.6) is 0 Å². The number of carbonyl (C=O) groups is 2. The van der Waals surface area contributed by atoms with Gasteiger partial charge in [-0.1, -0.05) is 47.2 Å². The molecule has 0 bridgehead atoms. The van der Waals surface area contributed by atoms with Gasteiger partial charge in [-0.25, -0.2) is 4.68 Å². The monoisotopic (exact) mass is 537 g/mol. The molecule has 1 aromatic heterocycles. The first-order valence-corrected chi connectivity index (χ1v) is 12.7. The van der Waals surface area contributed by atoms with E-state index in [0.717, 1.165) is 28.9 Å². The Labute approximate surface area is 227 Å². The average molecular weight is 538 g/mol. The minimum Gasteiger partial charge on any atom is -0.354 e. The Hall–Kier alpha value is -3.31. The van der Waals surface area contributed by atoms with Crippen LogP contribution in [0.1, 0.15) is 42.4 Å². The van der Waals surface area contributed by atoms with E-state index in [9.17, 15) is 9.59 Å². The van der Waals surface area contributed by atoms with Gasteiger partial charge in [-0.15, -0.1) is 0 Å². The van der Waals surface area contributed by atoms with Crippen molar-refractivity contribution in [2.24, 2.45) is 0 Å². The van der Waals surface area contributed by atoms with Crippen molar-refractivity contribution < 1.29 is 9.59 Å². The molecule has 37 heavy (non-hydrogen) atoms. The summed E-state index contributed by atoms with van der Waals surface area (Å²) in [6.07, 6.45) is 0. The van der Waals surface area contributed by atoms with Crippen LogP contribution in [0.25, 0.3) is 16.9 Å². The van der Waals surface area contributed by atoms with Gasteiger partial charge in [0.15, 0.2) is 5.69 Å². The standard InChI is InChI=1S/C28H29Cl2N5O2/c1-18-25(27(37)32-28(2,3)4)33-35(26(18)20-8-10-21(29)11-9-20)23-12-7-19(16-22(23)30)6-5-14-34-15-13-31-24(36)17-34/h7-12,16H,13-15,17H2,1-4H3,(H,31,36)(H,32,37). The van der Waals surface area contributed by atoms with E-state index < -0.39 is 5.54 Å². The Morgan fingerprint density at radius 2 is 1.89 bits per heavy atom. The summed E-state index contributed by atoms with van der Waals surface area (Å²) < 4.78 is 1.70. The number of hydrogen-bond acceptors (Lipinski definition) is 4. The molecule has 0 saturated carbocycles. The lowest BCUT2D eigenvalue weighted by Crippen LogP contribution is -2.47. The molecule has 2 heterocycles. The molecule has 0 spiro atoms. The third kappa shape index (κ3) is 6.53. The maximum Gasteiger partial charge on any atom is 0.272 e. The van der Waals surface area contributed by atoms with E-state index >= 15 is 0 Å². The number of benzene rings is 2. The van der Waals surface area contributed by atoms with Gasteiger partial charge in [0.1, 0.15) is 0 Å². The zero-order valence-electron chi connectivity index (χ0n) is 21.3. The molecule has 1 aliphatic rings. The second-order valence-electron chi connectivity index (χ2n) is 9.97. The summed E-state index contributed by atoms with van der Waals surface area (Å²) in [5, 5.41) is 11.5. The Kier molecular flexibility index (Phi) is 7.93. The summed E-state index contributed by atoms with van der Waals surface area (Å²) >= 11 is 12.9. The molecule has 9 heteroatoms. The van der Waals surface area contributed by atoms with Gasteiger partial charge in [0.2, 0.25) is 5.91 Å². The highest BCUT2D eigenvalue weighted by Crippen LogP contribution is 2.32. The van der Waals surface area contributed by atoms with Gasteiger partial charge in [-0.05, 0) is 58.0 Å². The molecule has 3 aromatic rings. The Morgan fingerprint density at radius 1 is 1.16 bits per heavy atom. The van der Waals surface area contributed by atoms with E-state index in [0.29, 0.717) is 41.1 Å². The highest BCUT2D eigenvalue weighted by atomic mass is 35.5. The Morgan fingerprint density at radius 3 is 2.54 bits per heavy atom. The summed E-state index contributed by atoms with van der Waals surface area (Å²) in [7, 11) is 0. The van der Waals surface area contributed by atoms with Crippen LogP contribution in [0.4, 0.5) is 0 Å². The van der Waals surface area contributed by atoms with Crippen LogP contribution in [-0.4, -0.2) is 58.2 Å². The van der Waals surface area contributed by atoms with Crippen LogP contribution in [0, 0.1) is 18.8 Å². The number of carbonyl (C=O) groups excluding carboxylic acids is 2. The van der Waals surface area contributed by atoms with E-state index in [4.69, 9.17) is 28.3 Å². The van der Waals surface area contributed by atoms with Gasteiger partial charge in [0, 0.05) is 40.3 Å². The minimum atomic E-state index is -0.413. The van der Waals surface area contributed by atoms with Crippen molar-refractivity contribution in [3.63, 3.8) is 0 Å². The lowest BCUT2D eigenvalue weighted by molar-refractivity contribution is -0.123. The highest BCUT2D eigenvalue weighted by molar-refractivity contribution is 6.32. The fourth-order valence-electron chi connectivity index (χ4n) is 4.07. The number of piperazine rings is 1. The SMILES string of the molecule is Cc1c(C(=O)NC(C)(C)C)nn(-c2ccc(C#CCN3CCNC(=O)C3)cc2Cl)c1-c1ccc(Cl)cc1. The van der Waals surface area contributed by atoms with E-state index in [2.05, 4.69) is 22.5 Å². The third-order valence-corrected chi connectivity index (χ3v) is 6.33. The average Bonchev–Trinajstić information content (AvgIpc) is 3.16. The molecule has 7 nitrogen and oxygen atoms in total. The minimum absolute atomic E-state index is 0.0157. The van der Waals surface area contributed by atoms with Crippen molar-refractivity contribution >= 4 is 35.0 Å². The molecule has 4 rings (SSSR count). The number of hydrogen-bond donors (Lipinski definition) is 2. The normalized spacial score (nSPS) is 14.1. The van der Waals surface area contributed by atoms with Crippen molar-refractivity contribution in [2.75, 3.05) is 26.2 Å². The Balaban J connectivity index is 1.69. The summed E-state index contributed by atoms with van der Waals surface area (Å²) in [6, 6.07) is 12.9. The van der Waals surface area contributed by atoms with Gasteiger partial charge in [-0.3, -0.25) is 14.5 Å². The fourth-order valence-corrected chi connectivity index (χ4v) is 4.46. The number of halogens is 2. The quantitative estimate of drug-likeness (QED) is 0.481. The van der Waals surface area contributed by atoms with Gasteiger partial charge < -0.3 is 10.6 Å². The first-order chi connectivity index (χ1) is 17.5. The van der Waals surface area contributed by atoms with Crippen LogP contribution in [0.2, 0.25) is 10.0 Å². The van der Waals surface area contributed by atoms with Crippen molar-refractivity contribution in [1.29, 1.82) is 0 Å². The van der Waals surface area contributed by atoms with Crippen LogP contribution in [0.3, 0.4) is 0 Å². The maximum absolute atomic E-state index is 13.1. The molecule has 1 aliphatic heterocycles. The van der Waals surface area contributed by atoms with Gasteiger partial charge in [-0.2, -0.15) is 5.10 Å². The molecule has 1 saturated heterocycles. The highest BCUT2D eigenvalue weighted by Gasteiger charge is 2.25. The van der Waals surface area contributed by atoms with Crippen LogP contribution < -0.4 is 10.6 Å². The van der Waals surface area contributed by atoms with E-state index in [1.54, 1.807) is 22.9 Å². The largest absolute Gasteiger partial charge is 0.354 e. The molecular formula is C28H29Cl2N5O2. The summed E-state index contributed by atoms with van der Waals surface area (Å²) in [5.41, 5.74) is 3.62. The van der Waals surface area contributed by atoms with Gasteiger partial charge in [0.25, 0.3) is 5.91 Å². The zero-order valence-corrected chi connectivity index (χ0v) is 22.8. The van der Waals surface area contributed by atoms with E-state index in [1.165, 1.54) is 0 Å². The molecule has 192 valence electrons. The molecule has 2 aromatic carbocycles. The lowest BCUT2D eigenvalue weighted by Gasteiger charge is -2.24. The molecule has 0 aliphatic carbocycles. The van der Waals surface area contributed by atoms with Crippen molar-refractivity contribution in [3.05, 3.63) is 69.3 Å². The molecule has 0 radical (unpaired) electrons. The number of rotatable bonds is 4. The van der Waals surface area contributed by atoms with Gasteiger partial charge in [0.05, 0.1) is 29.5 Å². The topological polar surface area (TPSA) is 79.3 Å². The first kappa shape index (κ1) is 26.7. The lowest BCUT2D eigenvalue weighted by atomic mass is 10.0. The molecule has 0 unspecified atom stereocenters. The Bertz CT molecular complexity index is 1390. The molecule has 0 atom stereocenters. The molecule has 1 fully saturated rings. The second-order valence-corrected chi connectivity index (χ2v) is 10.8.